The predicted octanol–water partition coefficient (Wildman–Crippen LogP) is 2.70. The van der Waals surface area contributed by atoms with Crippen LogP contribution in [0.3, 0.4) is 0 Å². The fourth-order valence-electron chi connectivity index (χ4n) is 8.27. The van der Waals surface area contributed by atoms with E-state index in [9.17, 15) is 19.8 Å². The fourth-order valence-corrected chi connectivity index (χ4v) is 8.27. The van der Waals surface area contributed by atoms with Gasteiger partial charge in [0.05, 0.1) is 24.2 Å². The molecule has 0 aromatic carbocycles. The molecule has 2 saturated heterocycles. The van der Waals surface area contributed by atoms with E-state index in [1.807, 2.05) is 9.80 Å². The number of amides is 2. The van der Waals surface area contributed by atoms with Crippen LogP contribution in [0.4, 0.5) is 0 Å². The average molecular weight is 534 g/mol. The predicted molar refractivity (Wildman–Crippen MR) is 145 cm³/mol. The molecule has 38 heavy (non-hydrogen) atoms. The maximum Gasteiger partial charge on any atom is 0.230 e. The van der Waals surface area contributed by atoms with Gasteiger partial charge in [0.25, 0.3) is 0 Å². The second-order valence-corrected chi connectivity index (χ2v) is 13.1. The zero-order valence-corrected chi connectivity index (χ0v) is 23.4. The molecule has 3 saturated carbocycles. The lowest BCUT2D eigenvalue weighted by Crippen LogP contribution is -2.59. The summed E-state index contributed by atoms with van der Waals surface area (Å²) in [7, 11) is 0. The van der Waals surface area contributed by atoms with Gasteiger partial charge < -0.3 is 30.1 Å². The highest BCUT2D eigenvalue weighted by molar-refractivity contribution is 5.80. The van der Waals surface area contributed by atoms with E-state index in [0.717, 1.165) is 51.9 Å². The molecule has 5 aliphatic rings. The molecule has 2 aliphatic heterocycles. The summed E-state index contributed by atoms with van der Waals surface area (Å²) in [5, 5.41) is 25.3. The monoisotopic (exact) mass is 533 g/mol. The van der Waals surface area contributed by atoms with Crippen LogP contribution in [0.1, 0.15) is 90.4 Å². The van der Waals surface area contributed by atoms with Crippen LogP contribution in [0.2, 0.25) is 0 Å². The summed E-state index contributed by atoms with van der Waals surface area (Å²) in [4.78, 5) is 29.9. The van der Waals surface area contributed by atoms with E-state index < -0.39 is 24.2 Å². The van der Waals surface area contributed by atoms with Crippen molar-refractivity contribution in [2.45, 2.75) is 121 Å². The van der Waals surface area contributed by atoms with E-state index in [4.69, 9.17) is 4.74 Å². The van der Waals surface area contributed by atoms with Gasteiger partial charge in [-0.3, -0.25) is 9.59 Å². The molecule has 8 nitrogen and oxygen atoms in total. The standard InChI is InChI=1S/C30H51N3O5/c1-20(34)32-13-6-10-23(17-32)31-26-11-5-9-22-12-14-33(18-25(22)26)30(37)29-27(36)15-24(35)16-28(29)38-19-21-7-3-2-4-8-21/h21-29,31,35-36H,2-19H2,1H3/t22?,23-,24?,25?,26?,27?,28?,29?/m0/s1. The molecular formula is C30H51N3O5. The number of nitrogens with one attached hydrogen (secondary N) is 1. The van der Waals surface area contributed by atoms with Gasteiger partial charge in [-0.15, -0.1) is 0 Å². The number of carbonyl (C=O) groups is 2. The summed E-state index contributed by atoms with van der Waals surface area (Å²) in [6.07, 6.45) is 11.6. The number of nitrogens with zero attached hydrogens (tertiary/aromatic N) is 2. The van der Waals surface area contributed by atoms with Crippen molar-refractivity contribution in [3.05, 3.63) is 0 Å². The summed E-state index contributed by atoms with van der Waals surface area (Å²) < 4.78 is 6.33. The van der Waals surface area contributed by atoms with Gasteiger partial charge in [0.2, 0.25) is 11.8 Å². The number of carbonyl (C=O) groups excluding carboxylic acids is 2. The first-order valence-corrected chi connectivity index (χ1v) is 15.7. The van der Waals surface area contributed by atoms with E-state index >= 15 is 0 Å². The highest BCUT2D eigenvalue weighted by Crippen LogP contribution is 2.39. The fraction of sp³-hybridized carbons (Fsp3) is 0.933. The Morgan fingerprint density at radius 2 is 1.68 bits per heavy atom. The van der Waals surface area contributed by atoms with Crippen molar-refractivity contribution in [1.82, 2.24) is 15.1 Å². The molecule has 2 heterocycles. The van der Waals surface area contributed by atoms with Crippen molar-refractivity contribution in [3.8, 4) is 0 Å². The first-order chi connectivity index (χ1) is 18.4. The van der Waals surface area contributed by atoms with Gasteiger partial charge in [-0.25, -0.2) is 0 Å². The second-order valence-electron chi connectivity index (χ2n) is 13.1. The molecule has 0 spiro atoms. The van der Waals surface area contributed by atoms with E-state index in [1.54, 1.807) is 6.92 Å². The Balaban J connectivity index is 1.22. The number of aliphatic hydroxyl groups is 2. The normalized spacial score (nSPS) is 39.0. The van der Waals surface area contributed by atoms with E-state index in [-0.39, 0.29) is 18.2 Å². The number of ether oxygens (including phenoxy) is 1. The first-order valence-electron chi connectivity index (χ1n) is 15.7. The quantitative estimate of drug-likeness (QED) is 0.485. The van der Waals surface area contributed by atoms with Crippen molar-refractivity contribution >= 4 is 11.8 Å². The number of piperidine rings is 2. The summed E-state index contributed by atoms with van der Waals surface area (Å²) in [5.41, 5.74) is 0. The van der Waals surface area contributed by atoms with Crippen LogP contribution in [0, 0.1) is 23.7 Å². The summed E-state index contributed by atoms with van der Waals surface area (Å²) in [6, 6.07) is 0.680. The van der Waals surface area contributed by atoms with E-state index in [0.29, 0.717) is 42.9 Å². The first kappa shape index (κ1) is 28.3. The van der Waals surface area contributed by atoms with Gasteiger partial charge in [-0.1, -0.05) is 25.7 Å². The van der Waals surface area contributed by atoms with Crippen molar-refractivity contribution in [2.24, 2.45) is 23.7 Å². The third kappa shape index (κ3) is 6.73. The number of aliphatic hydroxyl groups excluding tert-OH is 2. The molecule has 0 bridgehead atoms. The van der Waals surface area contributed by atoms with Crippen molar-refractivity contribution in [3.63, 3.8) is 0 Å². The van der Waals surface area contributed by atoms with Gasteiger partial charge in [0, 0.05) is 64.6 Å². The molecule has 7 unspecified atom stereocenters. The minimum atomic E-state index is -0.861. The van der Waals surface area contributed by atoms with Crippen LogP contribution in [0.25, 0.3) is 0 Å². The molecule has 8 atom stereocenters. The van der Waals surface area contributed by atoms with Crippen LogP contribution in [-0.2, 0) is 14.3 Å². The van der Waals surface area contributed by atoms with Crippen LogP contribution in [0.15, 0.2) is 0 Å². The maximum atomic E-state index is 14.0. The molecular weight excluding hydrogens is 482 g/mol. The Hall–Kier alpha value is -1.22. The van der Waals surface area contributed by atoms with Crippen LogP contribution in [-0.4, -0.2) is 95.0 Å². The number of likely N-dealkylation sites (tertiary alicyclic amines) is 2. The Kier molecular flexibility index (Phi) is 9.66. The maximum absolute atomic E-state index is 14.0. The summed E-state index contributed by atoms with van der Waals surface area (Å²) in [5.74, 6) is 1.14. The summed E-state index contributed by atoms with van der Waals surface area (Å²) in [6.45, 7) is 5.40. The molecule has 0 aromatic rings. The van der Waals surface area contributed by atoms with Crippen LogP contribution < -0.4 is 5.32 Å². The van der Waals surface area contributed by atoms with Crippen molar-refractivity contribution in [1.29, 1.82) is 0 Å². The SMILES string of the molecule is CC(=O)N1CCC[C@H](NC2CCCC3CCN(C(=O)C4C(O)CC(O)CC4OCC4CCCCC4)CC32)C1. The average Bonchev–Trinajstić information content (AvgIpc) is 2.92. The second kappa shape index (κ2) is 13.0. The van der Waals surface area contributed by atoms with Gasteiger partial charge in [0.1, 0.15) is 0 Å². The van der Waals surface area contributed by atoms with Gasteiger partial charge >= 0.3 is 0 Å². The Morgan fingerprint density at radius 1 is 0.868 bits per heavy atom. The Morgan fingerprint density at radius 3 is 2.47 bits per heavy atom. The molecule has 0 radical (unpaired) electrons. The molecule has 0 aromatic heterocycles. The lowest BCUT2D eigenvalue weighted by Gasteiger charge is -2.49. The molecule has 5 fully saturated rings. The molecule has 5 rings (SSSR count). The zero-order valence-electron chi connectivity index (χ0n) is 23.4. The minimum absolute atomic E-state index is 0.0150. The Bertz CT molecular complexity index is 805. The summed E-state index contributed by atoms with van der Waals surface area (Å²) >= 11 is 0. The lowest BCUT2D eigenvalue weighted by atomic mass is 9.71. The molecule has 3 N–H and O–H groups in total. The highest BCUT2D eigenvalue weighted by atomic mass is 16.5. The van der Waals surface area contributed by atoms with Crippen LogP contribution >= 0.6 is 0 Å². The third-order valence-electron chi connectivity index (χ3n) is 10.4. The van der Waals surface area contributed by atoms with Gasteiger partial charge in [-0.05, 0) is 62.7 Å². The van der Waals surface area contributed by atoms with Crippen LogP contribution in [0.5, 0.6) is 0 Å². The molecule has 8 heteroatoms. The smallest absolute Gasteiger partial charge is 0.230 e. The number of hydrogen-bond donors (Lipinski definition) is 3. The van der Waals surface area contributed by atoms with Gasteiger partial charge in [-0.2, -0.15) is 0 Å². The third-order valence-corrected chi connectivity index (χ3v) is 10.4. The number of fused-ring (bicyclic) bond motifs is 1. The lowest BCUT2D eigenvalue weighted by molar-refractivity contribution is -0.162. The zero-order chi connectivity index (χ0) is 26.6. The highest BCUT2D eigenvalue weighted by Gasteiger charge is 2.46. The molecule has 2 amide bonds. The van der Waals surface area contributed by atoms with Crippen molar-refractivity contribution < 1.29 is 24.5 Å². The molecule has 3 aliphatic carbocycles. The number of hydrogen-bond acceptors (Lipinski definition) is 6. The van der Waals surface area contributed by atoms with Crippen molar-refractivity contribution in [2.75, 3.05) is 32.8 Å². The topological polar surface area (TPSA) is 102 Å². The minimum Gasteiger partial charge on any atom is -0.393 e. The largest absolute Gasteiger partial charge is 0.393 e. The Labute approximate surface area is 228 Å². The number of rotatable bonds is 6. The van der Waals surface area contributed by atoms with E-state index in [2.05, 4.69) is 5.32 Å². The molecule has 216 valence electrons. The van der Waals surface area contributed by atoms with Gasteiger partial charge in [0.15, 0.2) is 0 Å². The van der Waals surface area contributed by atoms with E-state index in [1.165, 1.54) is 44.9 Å².